The minimum absolute atomic E-state index is 0.101. The second kappa shape index (κ2) is 6.03. The first-order valence-electron chi connectivity index (χ1n) is 4.47. The van der Waals surface area contributed by atoms with Crippen LogP contribution in [0, 0.1) is 0 Å². The van der Waals surface area contributed by atoms with E-state index >= 15 is 0 Å². The van der Waals surface area contributed by atoms with Gasteiger partial charge in [-0.2, -0.15) is 0 Å². The van der Waals surface area contributed by atoms with E-state index in [1.54, 1.807) is 11.3 Å². The van der Waals surface area contributed by atoms with Gasteiger partial charge in [0.1, 0.15) is 0 Å². The molecule has 1 aromatic rings. The van der Waals surface area contributed by atoms with E-state index in [2.05, 4.69) is 26.6 Å². The van der Waals surface area contributed by atoms with E-state index in [4.69, 9.17) is 0 Å². The molecular formula is C9H13BrN2OS. The fourth-order valence-corrected chi connectivity index (χ4v) is 2.31. The number of amides is 2. The van der Waals surface area contributed by atoms with Gasteiger partial charge in [-0.15, -0.1) is 11.3 Å². The first-order valence-corrected chi connectivity index (χ1v) is 6.14. The van der Waals surface area contributed by atoms with E-state index in [-0.39, 0.29) is 6.03 Å². The van der Waals surface area contributed by atoms with Gasteiger partial charge in [0, 0.05) is 21.3 Å². The molecule has 0 saturated heterocycles. The minimum atomic E-state index is -0.101. The number of hydrogen-bond acceptors (Lipinski definition) is 2. The standard InChI is InChI=1S/C9H13BrN2OS/c1-2-3-11-9(13)12-5-8-4-7(10)6-14-8/h4,6H,2-3,5H2,1H3,(H2,11,12,13). The summed E-state index contributed by atoms with van der Waals surface area (Å²) in [5.74, 6) is 0. The molecule has 0 unspecified atom stereocenters. The number of hydrogen-bond donors (Lipinski definition) is 2. The molecule has 2 N–H and O–H groups in total. The van der Waals surface area contributed by atoms with E-state index in [0.717, 1.165) is 22.3 Å². The molecule has 0 aliphatic rings. The van der Waals surface area contributed by atoms with E-state index in [9.17, 15) is 4.79 Å². The molecule has 0 aliphatic carbocycles. The number of urea groups is 1. The molecule has 0 fully saturated rings. The Labute approximate surface area is 96.0 Å². The van der Waals surface area contributed by atoms with Crippen molar-refractivity contribution >= 4 is 33.3 Å². The Bertz CT molecular complexity index is 301. The van der Waals surface area contributed by atoms with Crippen molar-refractivity contribution in [2.24, 2.45) is 0 Å². The third-order valence-corrected chi connectivity index (χ3v) is 3.28. The van der Waals surface area contributed by atoms with Crippen LogP contribution in [-0.2, 0) is 6.54 Å². The quantitative estimate of drug-likeness (QED) is 0.873. The molecule has 2 amide bonds. The molecule has 3 nitrogen and oxygen atoms in total. The molecule has 0 spiro atoms. The molecule has 14 heavy (non-hydrogen) atoms. The van der Waals surface area contributed by atoms with Crippen molar-refractivity contribution in [2.75, 3.05) is 6.54 Å². The molecule has 1 heterocycles. The number of halogens is 1. The van der Waals surface area contributed by atoms with E-state index < -0.39 is 0 Å². The molecule has 5 heteroatoms. The summed E-state index contributed by atoms with van der Waals surface area (Å²) in [4.78, 5) is 12.3. The predicted octanol–water partition coefficient (Wildman–Crippen LogP) is 2.72. The number of thiophene rings is 1. The fourth-order valence-electron chi connectivity index (χ4n) is 0.915. The van der Waals surface area contributed by atoms with Gasteiger partial charge in [0.25, 0.3) is 0 Å². The van der Waals surface area contributed by atoms with Gasteiger partial charge < -0.3 is 10.6 Å². The summed E-state index contributed by atoms with van der Waals surface area (Å²) >= 11 is 4.99. The first kappa shape index (κ1) is 11.5. The van der Waals surface area contributed by atoms with Gasteiger partial charge in [0.15, 0.2) is 0 Å². The smallest absolute Gasteiger partial charge is 0.315 e. The van der Waals surface area contributed by atoms with Crippen molar-refractivity contribution in [3.63, 3.8) is 0 Å². The van der Waals surface area contributed by atoms with Gasteiger partial charge in [0.05, 0.1) is 6.54 Å². The number of nitrogens with one attached hydrogen (secondary N) is 2. The molecule has 78 valence electrons. The highest BCUT2D eigenvalue weighted by Gasteiger charge is 2.00. The minimum Gasteiger partial charge on any atom is -0.338 e. The highest BCUT2D eigenvalue weighted by molar-refractivity contribution is 9.10. The summed E-state index contributed by atoms with van der Waals surface area (Å²) in [5.41, 5.74) is 0. The molecule has 0 aliphatic heterocycles. The van der Waals surface area contributed by atoms with Gasteiger partial charge in [-0.05, 0) is 28.4 Å². The number of carbonyl (C=O) groups excluding carboxylic acids is 1. The zero-order valence-corrected chi connectivity index (χ0v) is 10.4. The SMILES string of the molecule is CCCNC(=O)NCc1cc(Br)cs1. The number of carbonyl (C=O) groups is 1. The van der Waals surface area contributed by atoms with Crippen LogP contribution >= 0.6 is 27.3 Å². The van der Waals surface area contributed by atoms with Crippen LogP contribution in [0.3, 0.4) is 0 Å². The Balaban J connectivity index is 2.23. The van der Waals surface area contributed by atoms with Crippen molar-refractivity contribution in [3.05, 3.63) is 20.8 Å². The van der Waals surface area contributed by atoms with Crippen LogP contribution in [0.2, 0.25) is 0 Å². The molecule has 0 radical (unpaired) electrons. The largest absolute Gasteiger partial charge is 0.338 e. The molecule has 0 bridgehead atoms. The first-order chi connectivity index (χ1) is 6.72. The topological polar surface area (TPSA) is 41.1 Å². The molecule has 0 atom stereocenters. The summed E-state index contributed by atoms with van der Waals surface area (Å²) < 4.78 is 1.06. The van der Waals surface area contributed by atoms with E-state index in [1.165, 1.54) is 0 Å². The lowest BCUT2D eigenvalue weighted by molar-refractivity contribution is 0.240. The average Bonchev–Trinajstić information content (AvgIpc) is 2.58. The van der Waals surface area contributed by atoms with Crippen molar-refractivity contribution in [1.29, 1.82) is 0 Å². The van der Waals surface area contributed by atoms with Crippen molar-refractivity contribution in [1.82, 2.24) is 10.6 Å². The van der Waals surface area contributed by atoms with E-state index in [1.807, 2.05) is 18.4 Å². The van der Waals surface area contributed by atoms with Gasteiger partial charge in [-0.25, -0.2) is 4.79 Å². The van der Waals surface area contributed by atoms with Crippen LogP contribution in [0.1, 0.15) is 18.2 Å². The Morgan fingerprint density at radius 1 is 1.57 bits per heavy atom. The molecule has 1 aromatic heterocycles. The summed E-state index contributed by atoms with van der Waals surface area (Å²) in [6.45, 7) is 3.34. The third-order valence-electron chi connectivity index (χ3n) is 1.58. The molecule has 0 aromatic carbocycles. The van der Waals surface area contributed by atoms with Gasteiger partial charge >= 0.3 is 6.03 Å². The zero-order chi connectivity index (χ0) is 10.4. The third kappa shape index (κ3) is 4.11. The lowest BCUT2D eigenvalue weighted by atomic mass is 10.4. The van der Waals surface area contributed by atoms with Gasteiger partial charge in [-0.3, -0.25) is 0 Å². The highest BCUT2D eigenvalue weighted by Crippen LogP contribution is 2.19. The van der Waals surface area contributed by atoms with Crippen LogP contribution in [-0.4, -0.2) is 12.6 Å². The second-order valence-electron chi connectivity index (χ2n) is 2.84. The second-order valence-corrected chi connectivity index (χ2v) is 4.75. The molecule has 1 rings (SSSR count). The van der Waals surface area contributed by atoms with Crippen LogP contribution in [0.5, 0.6) is 0 Å². The highest BCUT2D eigenvalue weighted by atomic mass is 79.9. The Hall–Kier alpha value is -0.550. The van der Waals surface area contributed by atoms with Gasteiger partial charge in [-0.1, -0.05) is 6.92 Å². The summed E-state index contributed by atoms with van der Waals surface area (Å²) in [7, 11) is 0. The van der Waals surface area contributed by atoms with Crippen LogP contribution in [0.25, 0.3) is 0 Å². The van der Waals surface area contributed by atoms with E-state index in [0.29, 0.717) is 6.54 Å². The maximum Gasteiger partial charge on any atom is 0.315 e. The normalized spacial score (nSPS) is 9.86. The summed E-state index contributed by atoms with van der Waals surface area (Å²) in [6, 6.07) is 1.90. The van der Waals surface area contributed by atoms with Crippen molar-refractivity contribution in [3.8, 4) is 0 Å². The predicted molar refractivity (Wildman–Crippen MR) is 62.5 cm³/mol. The van der Waals surface area contributed by atoms with Crippen LogP contribution in [0.4, 0.5) is 4.79 Å². The Morgan fingerprint density at radius 3 is 2.93 bits per heavy atom. The average molecular weight is 277 g/mol. The maximum absolute atomic E-state index is 11.2. The van der Waals surface area contributed by atoms with Crippen molar-refractivity contribution < 1.29 is 4.79 Å². The van der Waals surface area contributed by atoms with Crippen LogP contribution < -0.4 is 10.6 Å². The molecule has 0 saturated carbocycles. The number of rotatable bonds is 4. The monoisotopic (exact) mass is 276 g/mol. The Morgan fingerprint density at radius 2 is 2.36 bits per heavy atom. The lowest BCUT2D eigenvalue weighted by Gasteiger charge is -2.04. The van der Waals surface area contributed by atoms with Crippen LogP contribution in [0.15, 0.2) is 15.9 Å². The summed E-state index contributed by atoms with van der Waals surface area (Å²) in [5, 5.41) is 7.54. The van der Waals surface area contributed by atoms with Crippen molar-refractivity contribution in [2.45, 2.75) is 19.9 Å². The molecular weight excluding hydrogens is 264 g/mol. The zero-order valence-electron chi connectivity index (χ0n) is 7.97. The lowest BCUT2D eigenvalue weighted by Crippen LogP contribution is -2.35. The van der Waals surface area contributed by atoms with Gasteiger partial charge in [0.2, 0.25) is 0 Å². The summed E-state index contributed by atoms with van der Waals surface area (Å²) in [6.07, 6.45) is 0.956. The maximum atomic E-state index is 11.2. The Kier molecular flexibility index (Phi) is 4.97. The fraction of sp³-hybridized carbons (Fsp3) is 0.444.